The van der Waals surface area contributed by atoms with Crippen molar-refractivity contribution < 1.29 is 14.3 Å². The van der Waals surface area contributed by atoms with Gasteiger partial charge in [0.15, 0.2) is 17.3 Å². The molecule has 0 fully saturated rings. The van der Waals surface area contributed by atoms with Gasteiger partial charge in [-0.3, -0.25) is 4.79 Å². The zero-order valence-electron chi connectivity index (χ0n) is 17.7. The number of fused-ring (bicyclic) bond motifs is 2. The Hall–Kier alpha value is -4.50. The molecule has 3 aromatic carbocycles. The SMILES string of the molecule is O=C(Nc1ccc(Nc2ncnc3c(-c4ccccc4)nsc23)cc1)c1ccc2c(c1)OCO2. The van der Waals surface area contributed by atoms with E-state index in [9.17, 15) is 4.79 Å². The van der Waals surface area contributed by atoms with E-state index in [0.29, 0.717) is 28.6 Å². The minimum Gasteiger partial charge on any atom is -0.454 e. The third-order valence-electron chi connectivity index (χ3n) is 5.34. The van der Waals surface area contributed by atoms with Gasteiger partial charge in [-0.05, 0) is 54.0 Å². The van der Waals surface area contributed by atoms with Crippen LogP contribution >= 0.6 is 11.5 Å². The normalized spacial score (nSPS) is 12.0. The number of carbonyl (C=O) groups excluding carboxylic acids is 1. The van der Waals surface area contributed by atoms with Gasteiger partial charge in [-0.1, -0.05) is 30.3 Å². The lowest BCUT2D eigenvalue weighted by molar-refractivity contribution is 0.102. The molecule has 3 heterocycles. The lowest BCUT2D eigenvalue weighted by Crippen LogP contribution is -2.11. The standard InChI is InChI=1S/C25H17N5O3S/c31-25(16-6-11-19-20(12-16)33-14-32-19)29-18-9-7-17(8-10-18)28-24-23-22(26-13-27-24)21(30-34-23)15-4-2-1-3-5-15/h1-13H,14H2,(H,29,31)(H,26,27,28). The molecule has 8 nitrogen and oxygen atoms in total. The van der Waals surface area contributed by atoms with Crippen molar-refractivity contribution in [2.45, 2.75) is 0 Å². The lowest BCUT2D eigenvalue weighted by Gasteiger charge is -2.09. The van der Waals surface area contributed by atoms with Crippen molar-refractivity contribution in [2.24, 2.45) is 0 Å². The first kappa shape index (κ1) is 20.1. The molecule has 1 aliphatic rings. The summed E-state index contributed by atoms with van der Waals surface area (Å²) in [4.78, 5) is 21.5. The molecule has 34 heavy (non-hydrogen) atoms. The first-order valence-electron chi connectivity index (χ1n) is 10.5. The third-order valence-corrected chi connectivity index (χ3v) is 6.19. The van der Waals surface area contributed by atoms with E-state index in [1.807, 2.05) is 54.6 Å². The van der Waals surface area contributed by atoms with Gasteiger partial charge in [0.25, 0.3) is 5.91 Å². The summed E-state index contributed by atoms with van der Waals surface area (Å²) < 4.78 is 16.1. The van der Waals surface area contributed by atoms with Gasteiger partial charge in [0.1, 0.15) is 22.2 Å². The van der Waals surface area contributed by atoms with Crippen LogP contribution in [0.5, 0.6) is 11.5 Å². The Balaban J connectivity index is 1.19. The number of anilines is 3. The fourth-order valence-corrected chi connectivity index (χ4v) is 4.45. The molecule has 6 rings (SSSR count). The number of amides is 1. The van der Waals surface area contributed by atoms with Crippen LogP contribution in [0.15, 0.2) is 79.1 Å². The average molecular weight is 468 g/mol. The van der Waals surface area contributed by atoms with Crippen LogP contribution in [0.3, 0.4) is 0 Å². The van der Waals surface area contributed by atoms with Crippen molar-refractivity contribution in [3.05, 3.63) is 84.7 Å². The summed E-state index contributed by atoms with van der Waals surface area (Å²) in [7, 11) is 0. The second-order valence-electron chi connectivity index (χ2n) is 7.52. The maximum Gasteiger partial charge on any atom is 0.255 e. The molecule has 166 valence electrons. The van der Waals surface area contributed by atoms with Gasteiger partial charge < -0.3 is 20.1 Å². The smallest absolute Gasteiger partial charge is 0.255 e. The molecule has 1 aliphatic heterocycles. The molecule has 0 unspecified atom stereocenters. The Bertz CT molecular complexity index is 1500. The Morgan fingerprint density at radius 2 is 1.68 bits per heavy atom. The number of nitrogens with one attached hydrogen (secondary N) is 2. The summed E-state index contributed by atoms with van der Waals surface area (Å²) in [5.74, 6) is 1.67. The molecule has 0 saturated heterocycles. The van der Waals surface area contributed by atoms with Gasteiger partial charge in [-0.2, -0.15) is 4.37 Å². The number of rotatable bonds is 5. The van der Waals surface area contributed by atoms with Gasteiger partial charge in [0, 0.05) is 22.5 Å². The summed E-state index contributed by atoms with van der Waals surface area (Å²) in [6.45, 7) is 0.169. The molecule has 0 atom stereocenters. The average Bonchev–Trinajstić information content (AvgIpc) is 3.53. The summed E-state index contributed by atoms with van der Waals surface area (Å²) in [5, 5.41) is 6.22. The fraction of sp³-hybridized carbons (Fsp3) is 0.0400. The third kappa shape index (κ3) is 3.78. The highest BCUT2D eigenvalue weighted by molar-refractivity contribution is 7.14. The first-order chi connectivity index (χ1) is 16.7. The monoisotopic (exact) mass is 467 g/mol. The van der Waals surface area contributed by atoms with E-state index in [-0.39, 0.29) is 12.7 Å². The molecule has 1 amide bonds. The van der Waals surface area contributed by atoms with E-state index < -0.39 is 0 Å². The van der Waals surface area contributed by atoms with Crippen LogP contribution in [-0.2, 0) is 0 Å². The number of ether oxygens (including phenoxy) is 2. The van der Waals surface area contributed by atoms with Crippen LogP contribution in [0.1, 0.15) is 10.4 Å². The highest BCUT2D eigenvalue weighted by Crippen LogP contribution is 2.34. The number of hydrogen-bond donors (Lipinski definition) is 2. The molecule has 0 bridgehead atoms. The molecule has 5 aromatic rings. The van der Waals surface area contributed by atoms with E-state index in [0.717, 1.165) is 27.2 Å². The highest BCUT2D eigenvalue weighted by Gasteiger charge is 2.17. The largest absolute Gasteiger partial charge is 0.454 e. The molecule has 2 N–H and O–H groups in total. The first-order valence-corrected chi connectivity index (χ1v) is 11.3. The van der Waals surface area contributed by atoms with Crippen molar-refractivity contribution in [3.63, 3.8) is 0 Å². The second kappa shape index (κ2) is 8.45. The zero-order valence-corrected chi connectivity index (χ0v) is 18.5. The molecular weight excluding hydrogens is 450 g/mol. The Kier molecular flexibility index (Phi) is 5.00. The number of benzene rings is 3. The van der Waals surface area contributed by atoms with Crippen molar-refractivity contribution in [1.29, 1.82) is 0 Å². The minimum absolute atomic E-state index is 0.169. The number of aromatic nitrogens is 3. The van der Waals surface area contributed by atoms with Crippen LogP contribution in [0.4, 0.5) is 17.2 Å². The predicted octanol–water partition coefficient (Wildman–Crippen LogP) is 5.48. The lowest BCUT2D eigenvalue weighted by atomic mass is 10.1. The second-order valence-corrected chi connectivity index (χ2v) is 8.30. The van der Waals surface area contributed by atoms with Gasteiger partial charge >= 0.3 is 0 Å². The van der Waals surface area contributed by atoms with Crippen molar-refractivity contribution in [2.75, 3.05) is 17.4 Å². The summed E-state index contributed by atoms with van der Waals surface area (Å²) in [6, 6.07) is 22.5. The zero-order chi connectivity index (χ0) is 22.9. The summed E-state index contributed by atoms with van der Waals surface area (Å²) >= 11 is 1.36. The molecule has 0 saturated carbocycles. The van der Waals surface area contributed by atoms with E-state index in [1.54, 1.807) is 18.2 Å². The fourth-order valence-electron chi connectivity index (χ4n) is 3.65. The molecular formula is C25H17N5O3S. The van der Waals surface area contributed by atoms with E-state index in [2.05, 4.69) is 25.0 Å². The maximum absolute atomic E-state index is 12.6. The summed E-state index contributed by atoms with van der Waals surface area (Å²) in [6.07, 6.45) is 1.53. The maximum atomic E-state index is 12.6. The summed E-state index contributed by atoms with van der Waals surface area (Å²) in [5.41, 5.74) is 4.66. The van der Waals surface area contributed by atoms with Crippen LogP contribution < -0.4 is 20.1 Å². The van der Waals surface area contributed by atoms with Crippen LogP contribution in [0.25, 0.3) is 21.5 Å². The van der Waals surface area contributed by atoms with Gasteiger partial charge in [0.2, 0.25) is 6.79 Å². The predicted molar refractivity (Wildman–Crippen MR) is 131 cm³/mol. The highest BCUT2D eigenvalue weighted by atomic mass is 32.1. The van der Waals surface area contributed by atoms with Crippen molar-refractivity contribution >= 4 is 44.8 Å². The van der Waals surface area contributed by atoms with Crippen LogP contribution in [-0.4, -0.2) is 27.0 Å². The number of hydrogen-bond acceptors (Lipinski definition) is 8. The Labute approximate surface area is 198 Å². The number of nitrogens with zero attached hydrogens (tertiary/aromatic N) is 3. The van der Waals surface area contributed by atoms with Crippen LogP contribution in [0, 0.1) is 0 Å². The minimum atomic E-state index is -0.227. The Morgan fingerprint density at radius 3 is 2.53 bits per heavy atom. The van der Waals surface area contributed by atoms with E-state index in [4.69, 9.17) is 9.47 Å². The molecule has 0 radical (unpaired) electrons. The topological polar surface area (TPSA) is 98.3 Å². The van der Waals surface area contributed by atoms with Crippen molar-refractivity contribution in [3.8, 4) is 22.8 Å². The molecule has 0 aliphatic carbocycles. The van der Waals surface area contributed by atoms with Crippen molar-refractivity contribution in [1.82, 2.24) is 14.3 Å². The number of carbonyl (C=O) groups is 1. The van der Waals surface area contributed by atoms with E-state index in [1.165, 1.54) is 17.9 Å². The van der Waals surface area contributed by atoms with Gasteiger partial charge in [-0.15, -0.1) is 0 Å². The molecule has 9 heteroatoms. The molecule has 2 aromatic heterocycles. The van der Waals surface area contributed by atoms with Gasteiger partial charge in [0.05, 0.1) is 0 Å². The van der Waals surface area contributed by atoms with E-state index >= 15 is 0 Å². The van der Waals surface area contributed by atoms with Gasteiger partial charge in [-0.25, -0.2) is 9.97 Å². The Morgan fingerprint density at radius 1 is 0.882 bits per heavy atom. The van der Waals surface area contributed by atoms with Crippen LogP contribution in [0.2, 0.25) is 0 Å². The molecule has 0 spiro atoms. The quantitative estimate of drug-likeness (QED) is 0.353.